The van der Waals surface area contributed by atoms with Crippen LogP contribution in [-0.2, 0) is 0 Å². The number of aromatic carboxylic acids is 1. The SMILES string of the molecule is O=C(O)c1ccnc2ccc(N3CC(CCC(F)(F)F)C3)cc12. The van der Waals surface area contributed by atoms with Gasteiger partial charge in [0.15, 0.2) is 0 Å². The van der Waals surface area contributed by atoms with Crippen LogP contribution in [0.15, 0.2) is 30.5 Å². The maximum Gasteiger partial charge on any atom is 0.389 e. The van der Waals surface area contributed by atoms with Gasteiger partial charge >= 0.3 is 12.1 Å². The van der Waals surface area contributed by atoms with Crippen LogP contribution in [-0.4, -0.2) is 35.3 Å². The lowest BCUT2D eigenvalue weighted by Gasteiger charge is -2.41. The molecule has 0 atom stereocenters. The second-order valence-electron chi connectivity index (χ2n) is 5.79. The Kier molecular flexibility index (Phi) is 3.87. The van der Waals surface area contributed by atoms with Gasteiger partial charge in [-0.3, -0.25) is 4.98 Å². The topological polar surface area (TPSA) is 53.4 Å². The molecule has 1 aliphatic rings. The molecule has 1 saturated heterocycles. The summed E-state index contributed by atoms with van der Waals surface area (Å²) < 4.78 is 36.6. The summed E-state index contributed by atoms with van der Waals surface area (Å²) in [6, 6.07) is 6.74. The molecular formula is C16H15F3N2O2. The first kappa shape index (κ1) is 15.6. The van der Waals surface area contributed by atoms with Gasteiger partial charge in [-0.1, -0.05) is 0 Å². The van der Waals surface area contributed by atoms with Gasteiger partial charge in [-0.2, -0.15) is 13.2 Å². The Hall–Kier alpha value is -2.31. The fourth-order valence-electron chi connectivity index (χ4n) is 2.85. The highest BCUT2D eigenvalue weighted by Gasteiger charge is 2.33. The molecule has 1 N–H and O–H groups in total. The molecular weight excluding hydrogens is 309 g/mol. The highest BCUT2D eigenvalue weighted by molar-refractivity contribution is 6.03. The first-order valence-corrected chi connectivity index (χ1v) is 7.27. The highest BCUT2D eigenvalue weighted by atomic mass is 19.4. The van der Waals surface area contributed by atoms with E-state index in [-0.39, 0.29) is 17.9 Å². The maximum absolute atomic E-state index is 12.2. The zero-order valence-corrected chi connectivity index (χ0v) is 12.2. The molecule has 0 bridgehead atoms. The van der Waals surface area contributed by atoms with E-state index in [0.29, 0.717) is 24.0 Å². The largest absolute Gasteiger partial charge is 0.478 e. The molecule has 1 aliphatic heterocycles. The van der Waals surface area contributed by atoms with E-state index in [4.69, 9.17) is 0 Å². The van der Waals surface area contributed by atoms with E-state index in [1.807, 2.05) is 11.0 Å². The molecule has 23 heavy (non-hydrogen) atoms. The zero-order chi connectivity index (χ0) is 16.6. The van der Waals surface area contributed by atoms with E-state index < -0.39 is 18.6 Å². The molecule has 1 aromatic carbocycles. The van der Waals surface area contributed by atoms with Crippen LogP contribution >= 0.6 is 0 Å². The van der Waals surface area contributed by atoms with Crippen LogP contribution in [0, 0.1) is 5.92 Å². The molecule has 0 unspecified atom stereocenters. The van der Waals surface area contributed by atoms with Gasteiger partial charge in [0, 0.05) is 36.8 Å². The molecule has 122 valence electrons. The number of rotatable bonds is 4. The van der Waals surface area contributed by atoms with Crippen LogP contribution in [0.2, 0.25) is 0 Å². The van der Waals surface area contributed by atoms with Gasteiger partial charge in [0.25, 0.3) is 0 Å². The number of alkyl halides is 3. The van der Waals surface area contributed by atoms with Crippen molar-refractivity contribution in [3.05, 3.63) is 36.0 Å². The van der Waals surface area contributed by atoms with Crippen LogP contribution in [0.25, 0.3) is 10.9 Å². The third-order valence-electron chi connectivity index (χ3n) is 4.11. The van der Waals surface area contributed by atoms with Gasteiger partial charge in [-0.05, 0) is 36.6 Å². The number of halogens is 3. The van der Waals surface area contributed by atoms with Crippen LogP contribution < -0.4 is 4.90 Å². The van der Waals surface area contributed by atoms with Crippen molar-refractivity contribution in [2.24, 2.45) is 5.92 Å². The monoisotopic (exact) mass is 324 g/mol. The average molecular weight is 324 g/mol. The maximum atomic E-state index is 12.2. The van der Waals surface area contributed by atoms with Crippen molar-refractivity contribution in [3.63, 3.8) is 0 Å². The van der Waals surface area contributed by atoms with Gasteiger partial charge in [0.2, 0.25) is 0 Å². The van der Waals surface area contributed by atoms with E-state index in [2.05, 4.69) is 4.98 Å². The molecule has 1 fully saturated rings. The summed E-state index contributed by atoms with van der Waals surface area (Å²) >= 11 is 0. The predicted molar refractivity (Wildman–Crippen MR) is 79.7 cm³/mol. The van der Waals surface area contributed by atoms with Crippen molar-refractivity contribution in [3.8, 4) is 0 Å². The number of carboxylic acid groups (broad SMARTS) is 1. The molecule has 7 heteroatoms. The van der Waals surface area contributed by atoms with Gasteiger partial charge < -0.3 is 10.0 Å². The number of carbonyl (C=O) groups is 1. The molecule has 1 aromatic heterocycles. The molecule has 0 spiro atoms. The normalized spacial score (nSPS) is 15.7. The van der Waals surface area contributed by atoms with Crippen LogP contribution in [0.3, 0.4) is 0 Å². The van der Waals surface area contributed by atoms with E-state index in [9.17, 15) is 23.1 Å². The summed E-state index contributed by atoms with van der Waals surface area (Å²) in [5.74, 6) is -0.999. The lowest BCUT2D eigenvalue weighted by atomic mass is 9.93. The van der Waals surface area contributed by atoms with Gasteiger partial charge in [-0.15, -0.1) is 0 Å². The number of pyridine rings is 1. The number of carboxylic acids is 1. The van der Waals surface area contributed by atoms with E-state index in [1.54, 1.807) is 12.1 Å². The predicted octanol–water partition coefficient (Wildman–Crippen LogP) is 3.71. The third-order valence-corrected chi connectivity index (χ3v) is 4.11. The molecule has 2 aromatic rings. The Balaban J connectivity index is 1.73. The molecule has 3 rings (SSSR count). The highest BCUT2D eigenvalue weighted by Crippen LogP contribution is 2.33. The van der Waals surface area contributed by atoms with Gasteiger partial charge in [0.05, 0.1) is 11.1 Å². The van der Waals surface area contributed by atoms with Crippen LogP contribution in [0.5, 0.6) is 0 Å². The number of nitrogens with zero attached hydrogens (tertiary/aromatic N) is 2. The number of benzene rings is 1. The summed E-state index contributed by atoms with van der Waals surface area (Å²) in [6.07, 6.45) is -3.28. The molecule has 4 nitrogen and oxygen atoms in total. The van der Waals surface area contributed by atoms with Gasteiger partial charge in [0.1, 0.15) is 0 Å². The minimum atomic E-state index is -4.11. The summed E-state index contributed by atoms with van der Waals surface area (Å²) in [7, 11) is 0. The lowest BCUT2D eigenvalue weighted by molar-refractivity contribution is -0.138. The Bertz CT molecular complexity index is 740. The standard InChI is InChI=1S/C16H15F3N2O2/c17-16(18,19)5-3-10-8-21(9-10)11-1-2-14-13(7-11)12(15(22)23)4-6-20-14/h1-2,4,6-7,10H,3,5,8-9H2,(H,22,23). The van der Waals surface area contributed by atoms with Crippen molar-refractivity contribution in [1.29, 1.82) is 0 Å². The molecule has 0 saturated carbocycles. The van der Waals surface area contributed by atoms with Crippen molar-refractivity contribution < 1.29 is 23.1 Å². The molecule has 2 heterocycles. The van der Waals surface area contributed by atoms with Crippen molar-refractivity contribution in [2.45, 2.75) is 19.0 Å². The average Bonchev–Trinajstić information content (AvgIpc) is 2.43. The Morgan fingerprint density at radius 3 is 2.70 bits per heavy atom. The summed E-state index contributed by atoms with van der Waals surface area (Å²) in [6.45, 7) is 1.12. The second kappa shape index (κ2) is 5.72. The van der Waals surface area contributed by atoms with Crippen LogP contribution in [0.4, 0.5) is 18.9 Å². The summed E-state index contributed by atoms with van der Waals surface area (Å²) in [5, 5.41) is 9.76. The van der Waals surface area contributed by atoms with E-state index in [1.165, 1.54) is 12.3 Å². The third kappa shape index (κ3) is 3.38. The molecule has 0 amide bonds. The number of hydrogen-bond acceptors (Lipinski definition) is 3. The minimum Gasteiger partial charge on any atom is -0.478 e. The van der Waals surface area contributed by atoms with Crippen molar-refractivity contribution in [1.82, 2.24) is 4.98 Å². The second-order valence-corrected chi connectivity index (χ2v) is 5.79. The number of aromatic nitrogens is 1. The first-order valence-electron chi connectivity index (χ1n) is 7.27. The van der Waals surface area contributed by atoms with Crippen molar-refractivity contribution >= 4 is 22.6 Å². The number of anilines is 1. The Labute approximate surface area is 130 Å². The minimum absolute atomic E-state index is 0.0279. The Morgan fingerprint density at radius 1 is 1.30 bits per heavy atom. The first-order chi connectivity index (χ1) is 10.8. The van der Waals surface area contributed by atoms with Crippen LogP contribution in [0.1, 0.15) is 23.2 Å². The molecule has 0 aliphatic carbocycles. The number of hydrogen-bond donors (Lipinski definition) is 1. The lowest BCUT2D eigenvalue weighted by Crippen LogP contribution is -2.47. The van der Waals surface area contributed by atoms with E-state index in [0.717, 1.165) is 5.69 Å². The summed E-state index contributed by atoms with van der Waals surface area (Å²) in [4.78, 5) is 17.4. The Morgan fingerprint density at radius 2 is 2.04 bits per heavy atom. The van der Waals surface area contributed by atoms with E-state index >= 15 is 0 Å². The van der Waals surface area contributed by atoms with Crippen molar-refractivity contribution in [2.75, 3.05) is 18.0 Å². The fourth-order valence-corrected chi connectivity index (χ4v) is 2.85. The fraction of sp³-hybridized carbons (Fsp3) is 0.375. The van der Waals surface area contributed by atoms with Gasteiger partial charge in [-0.25, -0.2) is 4.79 Å². The zero-order valence-electron chi connectivity index (χ0n) is 12.2. The smallest absolute Gasteiger partial charge is 0.389 e. The quantitative estimate of drug-likeness (QED) is 0.931. The summed E-state index contributed by atoms with van der Waals surface area (Å²) in [5.41, 5.74) is 1.57. The number of fused-ring (bicyclic) bond motifs is 1. The molecule has 0 radical (unpaired) electrons.